The fourth-order valence-corrected chi connectivity index (χ4v) is 2.67. The maximum atomic E-state index is 12.1. The number of nitriles is 1. The third kappa shape index (κ3) is 2.92. The number of hydrogen-bond acceptors (Lipinski definition) is 5. The van der Waals surface area contributed by atoms with E-state index in [9.17, 15) is 10.1 Å². The maximum Gasteiger partial charge on any atom is 0.260 e. The molecule has 4 nitrogen and oxygen atoms in total. The number of rotatable bonds is 3. The number of nitrogens with zero attached hydrogens (tertiary/aromatic N) is 2. The van der Waals surface area contributed by atoms with Gasteiger partial charge in [-0.1, -0.05) is 30.3 Å². The highest BCUT2D eigenvalue weighted by Crippen LogP contribution is 2.27. The summed E-state index contributed by atoms with van der Waals surface area (Å²) in [7, 11) is 0. The molecule has 0 bridgehead atoms. The van der Waals surface area contributed by atoms with Crippen LogP contribution in [0.3, 0.4) is 0 Å². The highest BCUT2D eigenvalue weighted by molar-refractivity contribution is 8.14. The van der Waals surface area contributed by atoms with Gasteiger partial charge in [0, 0.05) is 5.56 Å². The molecule has 2 heterocycles. The van der Waals surface area contributed by atoms with Gasteiger partial charge in [-0.25, -0.2) is 4.98 Å². The maximum absolute atomic E-state index is 12.1. The number of furan rings is 1. The molecule has 2 aromatic heterocycles. The number of pyridine rings is 1. The van der Waals surface area contributed by atoms with Crippen molar-refractivity contribution >= 4 is 16.9 Å². The largest absolute Gasteiger partial charge is 0.460 e. The van der Waals surface area contributed by atoms with Crippen molar-refractivity contribution in [1.82, 2.24) is 4.98 Å². The van der Waals surface area contributed by atoms with Crippen molar-refractivity contribution in [2.75, 3.05) is 0 Å². The molecule has 3 aromatic rings. The van der Waals surface area contributed by atoms with E-state index in [0.717, 1.165) is 17.3 Å². The molecule has 0 amide bonds. The molecule has 0 radical (unpaired) electrons. The molecule has 0 saturated heterocycles. The Bertz CT molecular complexity index is 837. The van der Waals surface area contributed by atoms with Crippen LogP contribution < -0.4 is 0 Å². The van der Waals surface area contributed by atoms with Crippen molar-refractivity contribution in [3.8, 4) is 17.3 Å². The summed E-state index contributed by atoms with van der Waals surface area (Å²) in [5.41, 5.74) is 2.01. The second kappa shape index (κ2) is 6.29. The molecule has 0 aliphatic rings. The minimum absolute atomic E-state index is 0.237. The van der Waals surface area contributed by atoms with Crippen LogP contribution >= 0.6 is 11.8 Å². The molecule has 0 saturated carbocycles. The summed E-state index contributed by atoms with van der Waals surface area (Å²) in [5, 5.41) is 9.29. The summed E-state index contributed by atoms with van der Waals surface area (Å²) in [4.78, 5) is 16.6. The van der Waals surface area contributed by atoms with Gasteiger partial charge < -0.3 is 4.42 Å². The molecule has 0 N–H and O–H groups in total. The first kappa shape index (κ1) is 14.1. The monoisotopic (exact) mass is 306 g/mol. The van der Waals surface area contributed by atoms with Crippen LogP contribution in [-0.2, 0) is 0 Å². The standard InChI is InChI=1S/C17H10N2O2S/c18-11-13-8-9-14(12-5-2-1-3-6-12)19-16(13)22-17(20)15-7-4-10-21-15/h1-10H. The van der Waals surface area contributed by atoms with Gasteiger partial charge in [-0.15, -0.1) is 0 Å². The van der Waals surface area contributed by atoms with E-state index in [1.54, 1.807) is 24.3 Å². The molecule has 3 rings (SSSR count). The van der Waals surface area contributed by atoms with Gasteiger partial charge in [-0.05, 0) is 36.0 Å². The average molecular weight is 306 g/mol. The number of carbonyl (C=O) groups excluding carboxylic acids is 1. The van der Waals surface area contributed by atoms with Crippen molar-refractivity contribution in [3.63, 3.8) is 0 Å². The van der Waals surface area contributed by atoms with Gasteiger partial charge in [0.2, 0.25) is 0 Å². The van der Waals surface area contributed by atoms with E-state index in [4.69, 9.17) is 4.42 Å². The number of aromatic nitrogens is 1. The molecule has 0 fully saturated rings. The molecule has 1 aromatic carbocycles. The predicted molar refractivity (Wildman–Crippen MR) is 83.3 cm³/mol. The Labute approximate surface area is 131 Å². The van der Waals surface area contributed by atoms with Gasteiger partial charge in [-0.3, -0.25) is 4.79 Å². The van der Waals surface area contributed by atoms with Crippen LogP contribution in [-0.4, -0.2) is 10.1 Å². The highest BCUT2D eigenvalue weighted by Gasteiger charge is 2.16. The van der Waals surface area contributed by atoms with E-state index in [2.05, 4.69) is 11.1 Å². The number of carbonyl (C=O) groups is 1. The molecule has 106 valence electrons. The average Bonchev–Trinajstić information content (AvgIpc) is 3.10. The van der Waals surface area contributed by atoms with Crippen LogP contribution in [0.15, 0.2) is 70.3 Å². The zero-order valence-corrected chi connectivity index (χ0v) is 12.2. The fraction of sp³-hybridized carbons (Fsp3) is 0. The van der Waals surface area contributed by atoms with Crippen molar-refractivity contribution in [1.29, 1.82) is 5.26 Å². The van der Waals surface area contributed by atoms with Gasteiger partial charge in [0.25, 0.3) is 5.12 Å². The normalized spacial score (nSPS) is 10.1. The van der Waals surface area contributed by atoms with Gasteiger partial charge in [0.05, 0.1) is 17.5 Å². The topological polar surface area (TPSA) is 66.9 Å². The van der Waals surface area contributed by atoms with Gasteiger partial charge in [-0.2, -0.15) is 5.26 Å². The van der Waals surface area contributed by atoms with E-state index in [1.807, 2.05) is 30.3 Å². The summed E-state index contributed by atoms with van der Waals surface area (Å²) in [6.07, 6.45) is 1.44. The summed E-state index contributed by atoms with van der Waals surface area (Å²) in [5.74, 6) is 0.237. The second-order valence-corrected chi connectivity index (χ2v) is 5.36. The first-order valence-electron chi connectivity index (χ1n) is 6.50. The SMILES string of the molecule is N#Cc1ccc(-c2ccccc2)nc1SC(=O)c1ccco1. The van der Waals surface area contributed by atoms with Crippen molar-refractivity contribution in [3.05, 3.63) is 72.2 Å². The van der Waals surface area contributed by atoms with Crippen LogP contribution in [0, 0.1) is 11.3 Å². The minimum atomic E-state index is -0.279. The summed E-state index contributed by atoms with van der Waals surface area (Å²) < 4.78 is 5.07. The van der Waals surface area contributed by atoms with Gasteiger partial charge in [0.1, 0.15) is 11.1 Å². The van der Waals surface area contributed by atoms with Crippen molar-refractivity contribution in [2.24, 2.45) is 0 Å². The first-order valence-corrected chi connectivity index (χ1v) is 7.32. The number of thioether (sulfide) groups is 1. The summed E-state index contributed by atoms with van der Waals surface area (Å²) >= 11 is 0.895. The molecule has 0 spiro atoms. The van der Waals surface area contributed by atoms with E-state index < -0.39 is 0 Å². The van der Waals surface area contributed by atoms with E-state index >= 15 is 0 Å². The lowest BCUT2D eigenvalue weighted by Crippen LogP contribution is -1.96. The van der Waals surface area contributed by atoms with E-state index in [1.165, 1.54) is 6.26 Å². The van der Waals surface area contributed by atoms with Crippen molar-refractivity contribution < 1.29 is 9.21 Å². The minimum Gasteiger partial charge on any atom is -0.460 e. The molecule has 0 unspecified atom stereocenters. The quantitative estimate of drug-likeness (QED) is 0.680. The summed E-state index contributed by atoms with van der Waals surface area (Å²) in [6, 6.07) is 18.3. The Balaban J connectivity index is 1.96. The zero-order chi connectivity index (χ0) is 15.4. The number of hydrogen-bond donors (Lipinski definition) is 0. The van der Waals surface area contributed by atoms with Crippen LogP contribution in [0.1, 0.15) is 16.1 Å². The lowest BCUT2D eigenvalue weighted by atomic mass is 10.1. The molecule has 22 heavy (non-hydrogen) atoms. The molecular formula is C17H10N2O2S. The van der Waals surface area contributed by atoms with Crippen LogP contribution in [0.5, 0.6) is 0 Å². The highest BCUT2D eigenvalue weighted by atomic mass is 32.2. The Hall–Kier alpha value is -2.84. The predicted octanol–water partition coefficient (Wildman–Crippen LogP) is 4.15. The first-order chi connectivity index (χ1) is 10.8. The van der Waals surface area contributed by atoms with Gasteiger partial charge in [0.15, 0.2) is 5.76 Å². The van der Waals surface area contributed by atoms with E-state index in [-0.39, 0.29) is 10.9 Å². The Kier molecular flexibility index (Phi) is 4.03. The van der Waals surface area contributed by atoms with Crippen LogP contribution in [0.4, 0.5) is 0 Å². The molecule has 0 atom stereocenters. The fourth-order valence-electron chi connectivity index (χ4n) is 1.91. The number of benzene rings is 1. The zero-order valence-electron chi connectivity index (χ0n) is 11.4. The van der Waals surface area contributed by atoms with Crippen LogP contribution in [0.25, 0.3) is 11.3 Å². The third-order valence-corrected chi connectivity index (χ3v) is 3.85. The molecule has 5 heteroatoms. The summed E-state index contributed by atoms with van der Waals surface area (Å²) in [6.45, 7) is 0. The van der Waals surface area contributed by atoms with E-state index in [0.29, 0.717) is 16.3 Å². The molecular weight excluding hydrogens is 296 g/mol. The Morgan fingerprint density at radius 3 is 2.59 bits per heavy atom. The molecule has 0 aliphatic carbocycles. The third-order valence-electron chi connectivity index (χ3n) is 2.96. The smallest absolute Gasteiger partial charge is 0.260 e. The molecule has 0 aliphatic heterocycles. The lowest BCUT2D eigenvalue weighted by Gasteiger charge is -2.05. The second-order valence-electron chi connectivity index (χ2n) is 4.39. The van der Waals surface area contributed by atoms with Gasteiger partial charge >= 0.3 is 0 Å². The van der Waals surface area contributed by atoms with Crippen LogP contribution in [0.2, 0.25) is 0 Å². The van der Waals surface area contributed by atoms with Crippen molar-refractivity contribution in [2.45, 2.75) is 5.03 Å². The Morgan fingerprint density at radius 2 is 1.91 bits per heavy atom. The Morgan fingerprint density at radius 1 is 1.09 bits per heavy atom. The lowest BCUT2D eigenvalue weighted by molar-refractivity contribution is 0.106.